The number of anilines is 2. The van der Waals surface area contributed by atoms with Crippen LogP contribution in [0, 0.1) is 0 Å². The summed E-state index contributed by atoms with van der Waals surface area (Å²) in [5.74, 6) is -0.0805. The monoisotopic (exact) mass is 278 g/mol. The van der Waals surface area contributed by atoms with Gasteiger partial charge in [0.1, 0.15) is 0 Å². The first kappa shape index (κ1) is 13.1. The Hall–Kier alpha value is -2.95. The molecule has 0 aliphatic carbocycles. The SMILES string of the molecule is Nc1ccc(CC(=O)Nc2ccc3nccnc3c2)cc1. The molecule has 0 fully saturated rings. The molecule has 3 rings (SSSR count). The third-order valence-corrected chi connectivity index (χ3v) is 3.10. The van der Waals surface area contributed by atoms with Gasteiger partial charge in [-0.05, 0) is 35.9 Å². The predicted octanol–water partition coefficient (Wildman–Crippen LogP) is 2.39. The first-order valence-corrected chi connectivity index (χ1v) is 6.56. The Bertz CT molecular complexity index is 784. The molecular formula is C16H14N4O. The van der Waals surface area contributed by atoms with Crippen molar-refractivity contribution in [2.75, 3.05) is 11.1 Å². The van der Waals surface area contributed by atoms with Crippen molar-refractivity contribution in [1.82, 2.24) is 9.97 Å². The van der Waals surface area contributed by atoms with Gasteiger partial charge < -0.3 is 11.1 Å². The number of nitrogens with two attached hydrogens (primary N) is 1. The smallest absolute Gasteiger partial charge is 0.228 e. The Morgan fingerprint density at radius 3 is 2.48 bits per heavy atom. The molecule has 2 aromatic carbocycles. The molecule has 0 spiro atoms. The fourth-order valence-corrected chi connectivity index (χ4v) is 2.07. The second-order valence-electron chi connectivity index (χ2n) is 4.73. The second kappa shape index (κ2) is 5.58. The van der Waals surface area contributed by atoms with Crippen molar-refractivity contribution >= 4 is 28.3 Å². The molecule has 0 aliphatic heterocycles. The van der Waals surface area contributed by atoms with Crippen LogP contribution in [0.3, 0.4) is 0 Å². The molecule has 21 heavy (non-hydrogen) atoms. The third-order valence-electron chi connectivity index (χ3n) is 3.10. The van der Waals surface area contributed by atoms with Gasteiger partial charge in [-0.25, -0.2) is 0 Å². The van der Waals surface area contributed by atoms with Crippen molar-refractivity contribution < 1.29 is 4.79 Å². The number of carbonyl (C=O) groups is 1. The molecule has 104 valence electrons. The Labute approximate surface area is 121 Å². The van der Waals surface area contributed by atoms with E-state index in [2.05, 4.69) is 15.3 Å². The quantitative estimate of drug-likeness (QED) is 0.721. The molecule has 1 amide bonds. The maximum atomic E-state index is 12.0. The highest BCUT2D eigenvalue weighted by molar-refractivity contribution is 5.94. The number of nitrogen functional groups attached to an aromatic ring is 1. The molecular weight excluding hydrogens is 264 g/mol. The predicted molar refractivity (Wildman–Crippen MR) is 82.7 cm³/mol. The molecule has 1 heterocycles. The fraction of sp³-hybridized carbons (Fsp3) is 0.0625. The number of aromatic nitrogens is 2. The number of carbonyl (C=O) groups excluding carboxylic acids is 1. The summed E-state index contributed by atoms with van der Waals surface area (Å²) in [6, 6.07) is 12.7. The largest absolute Gasteiger partial charge is 0.399 e. The summed E-state index contributed by atoms with van der Waals surface area (Å²) in [5.41, 5.74) is 9.49. The molecule has 5 nitrogen and oxygen atoms in total. The van der Waals surface area contributed by atoms with E-state index < -0.39 is 0 Å². The van der Waals surface area contributed by atoms with Gasteiger partial charge in [0.25, 0.3) is 0 Å². The van der Waals surface area contributed by atoms with Gasteiger partial charge in [-0.1, -0.05) is 12.1 Å². The van der Waals surface area contributed by atoms with E-state index in [0.29, 0.717) is 17.8 Å². The number of amides is 1. The lowest BCUT2D eigenvalue weighted by atomic mass is 10.1. The van der Waals surface area contributed by atoms with Gasteiger partial charge in [0, 0.05) is 23.8 Å². The molecule has 3 aromatic rings. The van der Waals surface area contributed by atoms with Crippen LogP contribution in [-0.2, 0) is 11.2 Å². The van der Waals surface area contributed by atoms with Gasteiger partial charge in [-0.2, -0.15) is 0 Å². The fourth-order valence-electron chi connectivity index (χ4n) is 2.07. The Morgan fingerprint density at radius 1 is 1.00 bits per heavy atom. The lowest BCUT2D eigenvalue weighted by molar-refractivity contribution is -0.115. The average Bonchev–Trinajstić information content (AvgIpc) is 2.49. The van der Waals surface area contributed by atoms with E-state index in [-0.39, 0.29) is 5.91 Å². The zero-order valence-electron chi connectivity index (χ0n) is 11.3. The maximum Gasteiger partial charge on any atom is 0.228 e. The van der Waals surface area contributed by atoms with Gasteiger partial charge in [0.2, 0.25) is 5.91 Å². The van der Waals surface area contributed by atoms with Crippen LogP contribution in [0.25, 0.3) is 11.0 Å². The normalized spacial score (nSPS) is 10.5. The van der Waals surface area contributed by atoms with E-state index in [0.717, 1.165) is 16.6 Å². The van der Waals surface area contributed by atoms with Gasteiger partial charge in [0.05, 0.1) is 17.5 Å². The van der Waals surface area contributed by atoms with Crippen LogP contribution in [0.1, 0.15) is 5.56 Å². The van der Waals surface area contributed by atoms with Crippen LogP contribution >= 0.6 is 0 Å². The molecule has 0 bridgehead atoms. The zero-order chi connectivity index (χ0) is 14.7. The Kier molecular flexibility index (Phi) is 3.47. The second-order valence-corrected chi connectivity index (χ2v) is 4.73. The average molecular weight is 278 g/mol. The number of benzene rings is 2. The highest BCUT2D eigenvalue weighted by Gasteiger charge is 2.05. The van der Waals surface area contributed by atoms with E-state index in [1.165, 1.54) is 0 Å². The molecule has 0 saturated heterocycles. The van der Waals surface area contributed by atoms with Gasteiger partial charge >= 0.3 is 0 Å². The molecule has 5 heteroatoms. The minimum Gasteiger partial charge on any atom is -0.399 e. The van der Waals surface area contributed by atoms with E-state index in [9.17, 15) is 4.79 Å². The summed E-state index contributed by atoms with van der Waals surface area (Å²) in [4.78, 5) is 20.4. The topological polar surface area (TPSA) is 80.9 Å². The molecule has 0 atom stereocenters. The van der Waals surface area contributed by atoms with Gasteiger partial charge in [-0.3, -0.25) is 14.8 Å². The number of fused-ring (bicyclic) bond motifs is 1. The summed E-state index contributed by atoms with van der Waals surface area (Å²) in [7, 11) is 0. The first-order valence-electron chi connectivity index (χ1n) is 6.56. The summed E-state index contributed by atoms with van der Waals surface area (Å²) >= 11 is 0. The van der Waals surface area contributed by atoms with Gasteiger partial charge in [-0.15, -0.1) is 0 Å². The number of nitrogens with one attached hydrogen (secondary N) is 1. The number of rotatable bonds is 3. The summed E-state index contributed by atoms with van der Waals surface area (Å²) < 4.78 is 0. The van der Waals surface area contributed by atoms with Crippen molar-refractivity contribution in [3.63, 3.8) is 0 Å². The lowest BCUT2D eigenvalue weighted by Crippen LogP contribution is -2.14. The summed E-state index contributed by atoms with van der Waals surface area (Å²) in [6.07, 6.45) is 3.57. The van der Waals surface area contributed by atoms with Crippen LogP contribution < -0.4 is 11.1 Å². The lowest BCUT2D eigenvalue weighted by Gasteiger charge is -2.06. The molecule has 0 unspecified atom stereocenters. The van der Waals surface area contributed by atoms with Crippen molar-refractivity contribution in [3.8, 4) is 0 Å². The number of hydrogen-bond acceptors (Lipinski definition) is 4. The van der Waals surface area contributed by atoms with Crippen molar-refractivity contribution in [1.29, 1.82) is 0 Å². The van der Waals surface area contributed by atoms with E-state index >= 15 is 0 Å². The van der Waals surface area contributed by atoms with Crippen molar-refractivity contribution in [2.24, 2.45) is 0 Å². The van der Waals surface area contributed by atoms with E-state index in [1.807, 2.05) is 30.3 Å². The van der Waals surface area contributed by atoms with Gasteiger partial charge in [0.15, 0.2) is 0 Å². The number of hydrogen-bond donors (Lipinski definition) is 2. The van der Waals surface area contributed by atoms with Crippen LogP contribution in [0.4, 0.5) is 11.4 Å². The molecule has 0 aliphatic rings. The standard InChI is InChI=1S/C16H14N4O/c17-12-3-1-11(2-4-12)9-16(21)20-13-5-6-14-15(10-13)19-8-7-18-14/h1-8,10H,9,17H2,(H,20,21). The number of nitrogens with zero attached hydrogens (tertiary/aromatic N) is 2. The van der Waals surface area contributed by atoms with Crippen LogP contribution in [0.5, 0.6) is 0 Å². The van der Waals surface area contributed by atoms with Crippen LogP contribution in [0.2, 0.25) is 0 Å². The summed E-state index contributed by atoms with van der Waals surface area (Å²) in [6.45, 7) is 0. The zero-order valence-corrected chi connectivity index (χ0v) is 11.3. The highest BCUT2D eigenvalue weighted by Crippen LogP contribution is 2.15. The minimum atomic E-state index is -0.0805. The van der Waals surface area contributed by atoms with Crippen molar-refractivity contribution in [2.45, 2.75) is 6.42 Å². The van der Waals surface area contributed by atoms with Crippen LogP contribution in [0.15, 0.2) is 54.9 Å². The summed E-state index contributed by atoms with van der Waals surface area (Å²) in [5, 5.41) is 2.86. The molecule has 1 aromatic heterocycles. The Morgan fingerprint density at radius 2 is 1.71 bits per heavy atom. The van der Waals surface area contributed by atoms with E-state index in [1.54, 1.807) is 24.5 Å². The van der Waals surface area contributed by atoms with Crippen molar-refractivity contribution in [3.05, 3.63) is 60.4 Å². The highest BCUT2D eigenvalue weighted by atomic mass is 16.1. The minimum absolute atomic E-state index is 0.0805. The molecule has 3 N–H and O–H groups in total. The van der Waals surface area contributed by atoms with Crippen LogP contribution in [-0.4, -0.2) is 15.9 Å². The molecule has 0 saturated carbocycles. The first-order chi connectivity index (χ1) is 10.2. The third kappa shape index (κ3) is 3.14. The van der Waals surface area contributed by atoms with E-state index in [4.69, 9.17) is 5.73 Å². The molecule has 0 radical (unpaired) electrons. The Balaban J connectivity index is 1.72. The maximum absolute atomic E-state index is 12.0.